The van der Waals surface area contributed by atoms with Crippen molar-refractivity contribution in [1.29, 1.82) is 0 Å². The van der Waals surface area contributed by atoms with Crippen LogP contribution in [0.25, 0.3) is 0 Å². The number of nitrogens with one attached hydrogen (secondary N) is 1. The highest BCUT2D eigenvalue weighted by atomic mass is 35.5. The van der Waals surface area contributed by atoms with Crippen molar-refractivity contribution in [2.45, 2.75) is 13.0 Å². The van der Waals surface area contributed by atoms with E-state index in [0.29, 0.717) is 6.54 Å². The zero-order valence-corrected chi connectivity index (χ0v) is 15.2. The van der Waals surface area contributed by atoms with E-state index in [4.69, 9.17) is 11.6 Å². The number of rotatable bonds is 5. The van der Waals surface area contributed by atoms with E-state index in [1.54, 1.807) is 0 Å². The lowest BCUT2D eigenvalue weighted by Crippen LogP contribution is -2.49. The van der Waals surface area contributed by atoms with Gasteiger partial charge in [-0.15, -0.1) is 0 Å². The minimum atomic E-state index is 0.0315. The van der Waals surface area contributed by atoms with Gasteiger partial charge in [0.2, 0.25) is 5.91 Å². The van der Waals surface area contributed by atoms with E-state index in [0.717, 1.165) is 36.8 Å². The van der Waals surface area contributed by atoms with Gasteiger partial charge in [-0.2, -0.15) is 0 Å². The maximum atomic E-state index is 12.3. The Morgan fingerprint density at radius 2 is 1.68 bits per heavy atom. The van der Waals surface area contributed by atoms with Crippen LogP contribution in [0.5, 0.6) is 0 Å². The lowest BCUT2D eigenvalue weighted by atomic mass is 10.1. The first kappa shape index (κ1) is 17.8. The molecule has 0 saturated carbocycles. The van der Waals surface area contributed by atoms with Gasteiger partial charge in [-0.3, -0.25) is 9.69 Å². The summed E-state index contributed by atoms with van der Waals surface area (Å²) in [5, 5.41) is 3.84. The molecule has 0 unspecified atom stereocenters. The summed E-state index contributed by atoms with van der Waals surface area (Å²) in [5.41, 5.74) is 2.31. The van der Waals surface area contributed by atoms with Crippen LogP contribution in [0, 0.1) is 0 Å². The van der Waals surface area contributed by atoms with Crippen molar-refractivity contribution >= 4 is 23.2 Å². The first-order chi connectivity index (χ1) is 12.1. The number of benzene rings is 2. The predicted octanol–water partition coefficient (Wildman–Crippen LogP) is 3.34. The van der Waals surface area contributed by atoms with E-state index in [2.05, 4.69) is 15.1 Å². The number of hydrogen-bond donors (Lipinski definition) is 1. The summed E-state index contributed by atoms with van der Waals surface area (Å²) in [6, 6.07) is 18.0. The fraction of sp³-hybridized carbons (Fsp3) is 0.350. The molecule has 3 rings (SSSR count). The highest BCUT2D eigenvalue weighted by molar-refractivity contribution is 6.30. The molecule has 1 fully saturated rings. The Balaban J connectivity index is 1.45. The number of anilines is 1. The summed E-state index contributed by atoms with van der Waals surface area (Å²) in [7, 11) is 0. The van der Waals surface area contributed by atoms with Crippen LogP contribution in [0.2, 0.25) is 5.02 Å². The zero-order valence-electron chi connectivity index (χ0n) is 14.5. The maximum Gasteiger partial charge on any atom is 0.234 e. The van der Waals surface area contributed by atoms with E-state index >= 15 is 0 Å². The minimum absolute atomic E-state index is 0.0315. The average Bonchev–Trinajstić information content (AvgIpc) is 2.64. The van der Waals surface area contributed by atoms with Crippen molar-refractivity contribution in [3.63, 3.8) is 0 Å². The number of nitrogens with zero attached hydrogens (tertiary/aromatic N) is 2. The summed E-state index contributed by atoms with van der Waals surface area (Å²) in [6.07, 6.45) is 0. The quantitative estimate of drug-likeness (QED) is 0.891. The predicted molar refractivity (Wildman–Crippen MR) is 103 cm³/mol. The van der Waals surface area contributed by atoms with Gasteiger partial charge in [0.25, 0.3) is 0 Å². The normalized spacial score (nSPS) is 16.5. The summed E-state index contributed by atoms with van der Waals surface area (Å²) < 4.78 is 0. The van der Waals surface area contributed by atoms with Gasteiger partial charge in [-0.1, -0.05) is 41.9 Å². The van der Waals surface area contributed by atoms with Crippen molar-refractivity contribution in [2.24, 2.45) is 0 Å². The second-order valence-electron chi connectivity index (χ2n) is 6.44. The van der Waals surface area contributed by atoms with E-state index in [1.165, 1.54) is 5.69 Å². The SMILES string of the molecule is C[C@@H](NC(=O)CN1CCN(c2ccc(Cl)cc2)CC1)c1ccccc1. The molecule has 132 valence electrons. The number of halogens is 1. The van der Waals surface area contributed by atoms with Gasteiger partial charge in [0, 0.05) is 36.9 Å². The number of carbonyl (C=O) groups excluding carboxylic acids is 1. The second kappa shape index (κ2) is 8.37. The van der Waals surface area contributed by atoms with Gasteiger partial charge >= 0.3 is 0 Å². The zero-order chi connectivity index (χ0) is 17.6. The van der Waals surface area contributed by atoms with Gasteiger partial charge < -0.3 is 10.2 Å². The van der Waals surface area contributed by atoms with E-state index < -0.39 is 0 Å². The Labute approximate surface area is 154 Å². The monoisotopic (exact) mass is 357 g/mol. The van der Waals surface area contributed by atoms with E-state index in [-0.39, 0.29) is 11.9 Å². The van der Waals surface area contributed by atoms with Crippen molar-refractivity contribution in [3.05, 3.63) is 65.2 Å². The Hall–Kier alpha value is -2.04. The molecule has 0 spiro atoms. The third-order valence-electron chi connectivity index (χ3n) is 4.61. The number of hydrogen-bond acceptors (Lipinski definition) is 3. The van der Waals surface area contributed by atoms with Crippen LogP contribution in [0.3, 0.4) is 0 Å². The molecule has 2 aromatic rings. The van der Waals surface area contributed by atoms with Gasteiger partial charge in [0.15, 0.2) is 0 Å². The Morgan fingerprint density at radius 3 is 2.32 bits per heavy atom. The van der Waals surface area contributed by atoms with Crippen LogP contribution in [-0.2, 0) is 4.79 Å². The molecule has 0 aliphatic carbocycles. The first-order valence-electron chi connectivity index (χ1n) is 8.69. The molecule has 4 nitrogen and oxygen atoms in total. The van der Waals surface area contributed by atoms with Gasteiger partial charge in [0.1, 0.15) is 0 Å². The topological polar surface area (TPSA) is 35.6 Å². The Kier molecular flexibility index (Phi) is 5.95. The molecule has 0 bridgehead atoms. The molecule has 2 aromatic carbocycles. The Bertz CT molecular complexity index is 682. The summed E-state index contributed by atoms with van der Waals surface area (Å²) in [4.78, 5) is 16.8. The molecule has 25 heavy (non-hydrogen) atoms. The molecule has 1 amide bonds. The van der Waals surface area contributed by atoms with Crippen LogP contribution in [0.1, 0.15) is 18.5 Å². The number of carbonyl (C=O) groups is 1. The third kappa shape index (κ3) is 4.97. The fourth-order valence-electron chi connectivity index (χ4n) is 3.13. The molecule has 1 heterocycles. The van der Waals surface area contributed by atoms with E-state index in [9.17, 15) is 4.79 Å². The molecule has 0 radical (unpaired) electrons. The highest BCUT2D eigenvalue weighted by Gasteiger charge is 2.20. The lowest BCUT2D eigenvalue weighted by Gasteiger charge is -2.35. The third-order valence-corrected chi connectivity index (χ3v) is 4.86. The molecular weight excluding hydrogens is 334 g/mol. The lowest BCUT2D eigenvalue weighted by molar-refractivity contribution is -0.123. The standard InChI is InChI=1S/C20H24ClN3O/c1-16(17-5-3-2-4-6-17)22-20(25)15-23-11-13-24(14-12-23)19-9-7-18(21)8-10-19/h2-10,16H,11-15H2,1H3,(H,22,25)/t16-/m1/s1. The van der Waals surface area contributed by atoms with Crippen molar-refractivity contribution in [1.82, 2.24) is 10.2 Å². The highest BCUT2D eigenvalue weighted by Crippen LogP contribution is 2.19. The Morgan fingerprint density at radius 1 is 1.04 bits per heavy atom. The first-order valence-corrected chi connectivity index (χ1v) is 9.07. The van der Waals surface area contributed by atoms with Crippen molar-refractivity contribution < 1.29 is 4.79 Å². The maximum absolute atomic E-state index is 12.3. The van der Waals surface area contributed by atoms with Crippen LogP contribution in [-0.4, -0.2) is 43.5 Å². The number of amides is 1. The van der Waals surface area contributed by atoms with Crippen molar-refractivity contribution in [3.8, 4) is 0 Å². The number of piperazine rings is 1. The largest absolute Gasteiger partial charge is 0.369 e. The van der Waals surface area contributed by atoms with Gasteiger partial charge in [-0.25, -0.2) is 0 Å². The molecule has 1 aliphatic heterocycles. The molecule has 1 N–H and O–H groups in total. The van der Waals surface area contributed by atoms with Crippen LogP contribution >= 0.6 is 11.6 Å². The summed E-state index contributed by atoms with van der Waals surface area (Å²) >= 11 is 5.95. The molecule has 1 saturated heterocycles. The van der Waals surface area contributed by atoms with Crippen molar-refractivity contribution in [2.75, 3.05) is 37.6 Å². The minimum Gasteiger partial charge on any atom is -0.369 e. The van der Waals surface area contributed by atoms with Crippen LogP contribution < -0.4 is 10.2 Å². The molecule has 0 aromatic heterocycles. The molecule has 1 aliphatic rings. The van der Waals surface area contributed by atoms with Crippen LogP contribution in [0.15, 0.2) is 54.6 Å². The summed E-state index contributed by atoms with van der Waals surface area (Å²) in [5.74, 6) is 0.0799. The van der Waals surface area contributed by atoms with Gasteiger partial charge in [0.05, 0.1) is 12.6 Å². The fourth-order valence-corrected chi connectivity index (χ4v) is 3.26. The van der Waals surface area contributed by atoms with E-state index in [1.807, 2.05) is 61.5 Å². The van der Waals surface area contributed by atoms with Gasteiger partial charge in [-0.05, 0) is 36.8 Å². The summed E-state index contributed by atoms with van der Waals surface area (Å²) in [6.45, 7) is 6.08. The molecule has 1 atom stereocenters. The average molecular weight is 358 g/mol. The van der Waals surface area contributed by atoms with Crippen LogP contribution in [0.4, 0.5) is 5.69 Å². The smallest absolute Gasteiger partial charge is 0.234 e. The second-order valence-corrected chi connectivity index (χ2v) is 6.88. The molecule has 5 heteroatoms. The molecular formula is C20H24ClN3O.